The molecule has 0 amide bonds. The number of anilines is 1. The van der Waals surface area contributed by atoms with Crippen molar-refractivity contribution in [3.63, 3.8) is 0 Å². The summed E-state index contributed by atoms with van der Waals surface area (Å²) in [6.45, 7) is 4.17. The Bertz CT molecular complexity index is 807. The van der Waals surface area contributed by atoms with E-state index in [9.17, 15) is 0 Å². The molecule has 0 spiro atoms. The van der Waals surface area contributed by atoms with E-state index in [-0.39, 0.29) is 17.4 Å². The molecule has 0 heterocycles. The quantitative estimate of drug-likeness (QED) is 0.324. The summed E-state index contributed by atoms with van der Waals surface area (Å²) in [5.74, 6) is 0.846. The van der Waals surface area contributed by atoms with Crippen molar-refractivity contribution in [3.05, 3.63) is 95.6 Å². The summed E-state index contributed by atoms with van der Waals surface area (Å²) in [4.78, 5) is 4.79. The van der Waals surface area contributed by atoms with E-state index in [1.807, 2.05) is 30.3 Å². The van der Waals surface area contributed by atoms with Crippen molar-refractivity contribution in [2.24, 2.45) is 4.99 Å². The molecule has 2 nitrogen and oxygen atoms in total. The number of hydrogen-bond donors (Lipinski definition) is 1. The molecule has 0 radical (unpaired) electrons. The van der Waals surface area contributed by atoms with Gasteiger partial charge < -0.3 is 5.32 Å². The molecule has 0 saturated heterocycles. The van der Waals surface area contributed by atoms with Crippen LogP contribution < -0.4 is 5.32 Å². The van der Waals surface area contributed by atoms with Gasteiger partial charge in [0, 0.05) is 11.3 Å². The SMILES string of the molecule is Cc1ccc(/N=C(/Nc2ccc(C)cc2)c2ccccc2)cc1.[CH3][GaH][CH3]. The summed E-state index contributed by atoms with van der Waals surface area (Å²) in [5.41, 5.74) is 10.1. The molecule has 3 rings (SSSR count). The molecule has 1 N–H and O–H groups in total. The molecule has 3 heteroatoms. The van der Waals surface area contributed by atoms with Crippen LogP contribution in [-0.4, -0.2) is 23.2 Å². The molecule has 3 aromatic carbocycles. The molecule has 0 aliphatic rings. The Morgan fingerprint density at radius 1 is 0.731 bits per heavy atom. The van der Waals surface area contributed by atoms with Crippen LogP contribution >= 0.6 is 0 Å². The minimum atomic E-state index is 0.125. The molecule has 0 aliphatic heterocycles. The number of hydrogen-bond acceptors (Lipinski definition) is 1. The van der Waals surface area contributed by atoms with E-state index < -0.39 is 0 Å². The van der Waals surface area contributed by atoms with Crippen molar-refractivity contribution in [2.75, 3.05) is 5.32 Å². The summed E-state index contributed by atoms with van der Waals surface area (Å²) in [7, 11) is 0. The van der Waals surface area contributed by atoms with Crippen LogP contribution in [0.25, 0.3) is 0 Å². The van der Waals surface area contributed by atoms with Gasteiger partial charge in [-0.25, -0.2) is 4.99 Å². The van der Waals surface area contributed by atoms with E-state index in [0.29, 0.717) is 0 Å². The van der Waals surface area contributed by atoms with E-state index >= 15 is 0 Å². The average Bonchev–Trinajstić information content (AvgIpc) is 2.66. The summed E-state index contributed by atoms with van der Waals surface area (Å²) in [5, 5.41) is 3.44. The topological polar surface area (TPSA) is 24.4 Å². The predicted octanol–water partition coefficient (Wildman–Crippen LogP) is 6.01. The predicted molar refractivity (Wildman–Crippen MR) is 117 cm³/mol. The third-order valence-electron chi connectivity index (χ3n) is 3.64. The zero-order valence-electron chi connectivity index (χ0n) is 16.2. The van der Waals surface area contributed by atoms with Crippen molar-refractivity contribution < 1.29 is 0 Å². The maximum absolute atomic E-state index is 4.79. The first-order valence-corrected chi connectivity index (χ1v) is 15.1. The van der Waals surface area contributed by atoms with Gasteiger partial charge in [-0.05, 0) is 38.1 Å². The van der Waals surface area contributed by atoms with Crippen LogP contribution in [0.2, 0.25) is 11.0 Å². The van der Waals surface area contributed by atoms with Crippen molar-refractivity contribution in [1.82, 2.24) is 0 Å². The van der Waals surface area contributed by atoms with Gasteiger partial charge in [0.05, 0.1) is 5.69 Å². The average molecular weight is 401 g/mol. The summed E-state index contributed by atoms with van der Waals surface area (Å²) < 4.78 is 0. The summed E-state index contributed by atoms with van der Waals surface area (Å²) >= 11 is 0.125. The molecule has 0 saturated carbocycles. The molecular formula is C23H27GaN2. The molecule has 26 heavy (non-hydrogen) atoms. The van der Waals surface area contributed by atoms with Crippen LogP contribution in [0.3, 0.4) is 0 Å². The fraction of sp³-hybridized carbons (Fsp3) is 0.174. The van der Waals surface area contributed by atoms with Gasteiger partial charge in [0.15, 0.2) is 0 Å². The molecule has 132 valence electrons. The van der Waals surface area contributed by atoms with E-state index in [0.717, 1.165) is 22.8 Å². The number of rotatable bonds is 3. The van der Waals surface area contributed by atoms with Crippen LogP contribution in [0.5, 0.6) is 0 Å². The maximum atomic E-state index is 4.79. The Morgan fingerprint density at radius 3 is 1.77 bits per heavy atom. The minimum absolute atomic E-state index is 0.125. The first-order valence-electron chi connectivity index (χ1n) is 9.16. The summed E-state index contributed by atoms with van der Waals surface area (Å²) in [6, 6.07) is 26.7. The Balaban J connectivity index is 0.000000758. The third-order valence-corrected chi connectivity index (χ3v) is 3.64. The Morgan fingerprint density at radius 2 is 1.23 bits per heavy atom. The number of nitrogens with one attached hydrogen (secondary N) is 1. The van der Waals surface area contributed by atoms with E-state index in [1.165, 1.54) is 11.1 Å². The first kappa shape index (κ1) is 20.1. The van der Waals surface area contributed by atoms with E-state index in [4.69, 9.17) is 4.99 Å². The molecule has 3 aromatic rings. The molecule has 0 atom stereocenters. The number of amidine groups is 1. The number of nitrogens with zero attached hydrogens (tertiary/aromatic N) is 1. The van der Waals surface area contributed by atoms with Crippen molar-refractivity contribution in [3.8, 4) is 0 Å². The Hall–Kier alpha value is -2.23. The standard InChI is InChI=1S/C21H20N2.2CH3.Ga.H/c1-16-8-12-19(13-9-16)22-21(18-6-4-3-5-7-18)23-20-14-10-17(2)11-15-20;;;;/h3-15H,1-2H3,(H,22,23);2*1H3;;. The normalized spacial score (nSPS) is 10.5. The Kier molecular flexibility index (Phi) is 8.26. The van der Waals surface area contributed by atoms with Crippen LogP contribution in [0.15, 0.2) is 83.9 Å². The number of aliphatic imine (C=N–C) groups is 1. The zero-order chi connectivity index (χ0) is 18.8. The van der Waals surface area contributed by atoms with Crippen LogP contribution in [-0.2, 0) is 0 Å². The monoisotopic (exact) mass is 400 g/mol. The second-order valence-corrected chi connectivity index (χ2v) is 9.33. The molecule has 0 bridgehead atoms. The van der Waals surface area contributed by atoms with Crippen molar-refractivity contribution in [1.29, 1.82) is 0 Å². The number of aryl methyl sites for hydroxylation is 2. The van der Waals surface area contributed by atoms with Crippen LogP contribution in [0, 0.1) is 13.8 Å². The van der Waals surface area contributed by atoms with Gasteiger partial charge in [-0.1, -0.05) is 65.7 Å². The fourth-order valence-corrected chi connectivity index (χ4v) is 2.28. The van der Waals surface area contributed by atoms with E-state index in [1.54, 1.807) is 0 Å². The van der Waals surface area contributed by atoms with Gasteiger partial charge in [-0.15, -0.1) is 0 Å². The first-order chi connectivity index (χ1) is 12.6. The second-order valence-electron chi connectivity index (χ2n) is 6.36. The Labute approximate surface area is 165 Å². The van der Waals surface area contributed by atoms with Crippen molar-refractivity contribution >= 4 is 34.6 Å². The zero-order valence-corrected chi connectivity index (χ0v) is 19.1. The van der Waals surface area contributed by atoms with Gasteiger partial charge in [-0.3, -0.25) is 0 Å². The van der Waals surface area contributed by atoms with Crippen LogP contribution in [0.1, 0.15) is 16.7 Å². The van der Waals surface area contributed by atoms with Gasteiger partial charge in [0.1, 0.15) is 5.84 Å². The van der Waals surface area contributed by atoms with Crippen LogP contribution in [0.4, 0.5) is 11.4 Å². The number of benzene rings is 3. The van der Waals surface area contributed by atoms with Gasteiger partial charge >= 0.3 is 28.4 Å². The molecule has 0 unspecified atom stereocenters. The van der Waals surface area contributed by atoms with Gasteiger partial charge in [0.2, 0.25) is 0 Å². The molecule has 0 aromatic heterocycles. The molecule has 0 aliphatic carbocycles. The third kappa shape index (κ3) is 6.58. The second kappa shape index (κ2) is 10.7. The van der Waals surface area contributed by atoms with Crippen molar-refractivity contribution in [2.45, 2.75) is 24.8 Å². The molecule has 0 fully saturated rings. The van der Waals surface area contributed by atoms with Gasteiger partial charge in [0.25, 0.3) is 0 Å². The summed E-state index contributed by atoms with van der Waals surface area (Å²) in [6.07, 6.45) is 0. The van der Waals surface area contributed by atoms with E-state index in [2.05, 4.69) is 78.7 Å². The fourth-order valence-electron chi connectivity index (χ4n) is 2.28. The molecular weight excluding hydrogens is 374 g/mol. The van der Waals surface area contributed by atoms with Gasteiger partial charge in [-0.2, -0.15) is 0 Å².